The first-order valence-electron chi connectivity index (χ1n) is 7.96. The molecule has 0 saturated carbocycles. The third-order valence-corrected chi connectivity index (χ3v) is 5.26. The third kappa shape index (κ3) is 3.07. The van der Waals surface area contributed by atoms with E-state index in [2.05, 4.69) is 50.8 Å². The third-order valence-electron chi connectivity index (χ3n) is 5.26. The monoisotopic (exact) mass is 275 g/mol. The Morgan fingerprint density at radius 1 is 1.20 bits per heavy atom. The van der Waals surface area contributed by atoms with Crippen molar-refractivity contribution in [1.29, 1.82) is 0 Å². The fraction of sp³-hybridized carbons (Fsp3) is 0.667. The summed E-state index contributed by atoms with van der Waals surface area (Å²) in [4.78, 5) is 2.48. The van der Waals surface area contributed by atoms with Crippen molar-refractivity contribution >= 4 is 0 Å². The molecule has 0 radical (unpaired) electrons. The van der Waals surface area contributed by atoms with Crippen molar-refractivity contribution in [3.05, 3.63) is 34.9 Å². The lowest BCUT2D eigenvalue weighted by Crippen LogP contribution is -2.53. The Balaban J connectivity index is 2.12. The summed E-state index contributed by atoms with van der Waals surface area (Å²) < 4.78 is 0. The van der Waals surface area contributed by atoms with Gasteiger partial charge < -0.3 is 5.11 Å². The van der Waals surface area contributed by atoms with Crippen molar-refractivity contribution < 1.29 is 5.11 Å². The Bertz CT molecular complexity index is 451. The number of rotatable bonds is 5. The Labute approximate surface area is 123 Å². The molecule has 1 aromatic rings. The zero-order chi connectivity index (χ0) is 14.8. The van der Waals surface area contributed by atoms with E-state index in [1.807, 2.05) is 0 Å². The number of hydrogen-bond acceptors (Lipinski definition) is 2. The van der Waals surface area contributed by atoms with Crippen molar-refractivity contribution in [2.75, 3.05) is 13.1 Å². The molecule has 20 heavy (non-hydrogen) atoms. The van der Waals surface area contributed by atoms with Crippen molar-refractivity contribution in [2.45, 2.75) is 65.0 Å². The van der Waals surface area contributed by atoms with Gasteiger partial charge in [-0.15, -0.1) is 0 Å². The quantitative estimate of drug-likeness (QED) is 0.889. The first kappa shape index (κ1) is 15.5. The van der Waals surface area contributed by atoms with Crippen LogP contribution in [0, 0.1) is 13.8 Å². The Morgan fingerprint density at radius 2 is 1.85 bits per heavy atom. The highest BCUT2D eigenvalue weighted by Crippen LogP contribution is 2.29. The van der Waals surface area contributed by atoms with E-state index in [0.717, 1.165) is 25.9 Å². The minimum absolute atomic E-state index is 0.0880. The lowest BCUT2D eigenvalue weighted by atomic mass is 9.85. The fourth-order valence-corrected chi connectivity index (χ4v) is 3.27. The van der Waals surface area contributed by atoms with Crippen molar-refractivity contribution in [1.82, 2.24) is 4.90 Å². The van der Waals surface area contributed by atoms with Crippen LogP contribution in [-0.2, 0) is 6.42 Å². The molecule has 2 rings (SSSR count). The van der Waals surface area contributed by atoms with E-state index in [1.165, 1.54) is 29.5 Å². The highest BCUT2D eigenvalue weighted by atomic mass is 16.3. The van der Waals surface area contributed by atoms with Crippen LogP contribution in [-0.4, -0.2) is 34.7 Å². The molecule has 0 bridgehead atoms. The summed E-state index contributed by atoms with van der Waals surface area (Å²) in [5.74, 6) is 0. The zero-order valence-electron chi connectivity index (χ0n) is 13.4. The molecule has 0 amide bonds. The van der Waals surface area contributed by atoms with Crippen molar-refractivity contribution in [2.24, 2.45) is 0 Å². The summed E-state index contributed by atoms with van der Waals surface area (Å²) in [6.45, 7) is 11.0. The average Bonchev–Trinajstić information content (AvgIpc) is 2.96. The number of hydrogen-bond donors (Lipinski definition) is 1. The van der Waals surface area contributed by atoms with Gasteiger partial charge in [-0.25, -0.2) is 0 Å². The van der Waals surface area contributed by atoms with E-state index >= 15 is 0 Å². The molecule has 1 fully saturated rings. The van der Waals surface area contributed by atoms with E-state index in [4.69, 9.17) is 0 Å². The number of nitrogens with zero attached hydrogens (tertiary/aromatic N) is 1. The molecule has 1 aliphatic heterocycles. The van der Waals surface area contributed by atoms with Crippen LogP contribution < -0.4 is 0 Å². The van der Waals surface area contributed by atoms with Gasteiger partial charge in [-0.3, -0.25) is 4.90 Å². The summed E-state index contributed by atoms with van der Waals surface area (Å²) in [6.07, 6.45) is 3.99. The standard InChI is InChI=1S/C18H29NO/c1-5-18(4,19-10-6-7-11-19)17(20)13-16-9-8-14(2)15(3)12-16/h8-9,12,17,20H,5-7,10-11,13H2,1-4H3. The SMILES string of the molecule is CCC(C)(C(O)Cc1ccc(C)c(C)c1)N1CCCC1. The predicted octanol–water partition coefficient (Wildman–Crippen LogP) is 3.47. The minimum Gasteiger partial charge on any atom is -0.391 e. The van der Waals surface area contributed by atoms with Gasteiger partial charge in [-0.05, 0) is 69.8 Å². The molecule has 1 aliphatic rings. The van der Waals surface area contributed by atoms with Crippen LogP contribution >= 0.6 is 0 Å². The van der Waals surface area contributed by atoms with Gasteiger partial charge in [-0.1, -0.05) is 25.1 Å². The second kappa shape index (κ2) is 6.28. The van der Waals surface area contributed by atoms with Gasteiger partial charge in [0.15, 0.2) is 0 Å². The smallest absolute Gasteiger partial charge is 0.0761 e. The predicted molar refractivity (Wildman–Crippen MR) is 85.1 cm³/mol. The molecule has 2 heteroatoms. The number of benzene rings is 1. The molecular weight excluding hydrogens is 246 g/mol. The van der Waals surface area contributed by atoms with Gasteiger partial charge in [0.25, 0.3) is 0 Å². The zero-order valence-corrected chi connectivity index (χ0v) is 13.4. The van der Waals surface area contributed by atoms with E-state index in [1.54, 1.807) is 0 Å². The Hall–Kier alpha value is -0.860. The Kier molecular flexibility index (Phi) is 4.87. The maximum atomic E-state index is 10.8. The van der Waals surface area contributed by atoms with Crippen LogP contribution in [0.5, 0.6) is 0 Å². The topological polar surface area (TPSA) is 23.5 Å². The molecule has 1 N–H and O–H groups in total. The van der Waals surface area contributed by atoms with Crippen LogP contribution in [0.25, 0.3) is 0 Å². The summed E-state index contributed by atoms with van der Waals surface area (Å²) in [7, 11) is 0. The second-order valence-electron chi connectivity index (χ2n) is 6.54. The lowest BCUT2D eigenvalue weighted by Gasteiger charge is -2.42. The minimum atomic E-state index is -0.298. The molecule has 0 spiro atoms. The normalized spacial score (nSPS) is 20.9. The maximum absolute atomic E-state index is 10.8. The van der Waals surface area contributed by atoms with Crippen LogP contribution in [0.15, 0.2) is 18.2 Å². The number of aliphatic hydroxyl groups excluding tert-OH is 1. The van der Waals surface area contributed by atoms with Gasteiger partial charge >= 0.3 is 0 Å². The van der Waals surface area contributed by atoms with E-state index in [9.17, 15) is 5.11 Å². The second-order valence-corrected chi connectivity index (χ2v) is 6.54. The van der Waals surface area contributed by atoms with Crippen LogP contribution in [0.3, 0.4) is 0 Å². The van der Waals surface area contributed by atoms with E-state index in [-0.39, 0.29) is 11.6 Å². The summed E-state index contributed by atoms with van der Waals surface area (Å²) in [5, 5.41) is 10.8. The molecular formula is C18H29NO. The molecule has 112 valence electrons. The van der Waals surface area contributed by atoms with Gasteiger partial charge in [0.2, 0.25) is 0 Å². The first-order chi connectivity index (χ1) is 9.47. The molecule has 1 heterocycles. The molecule has 1 saturated heterocycles. The van der Waals surface area contributed by atoms with Crippen molar-refractivity contribution in [3.63, 3.8) is 0 Å². The van der Waals surface area contributed by atoms with Gasteiger partial charge in [-0.2, -0.15) is 0 Å². The number of likely N-dealkylation sites (tertiary alicyclic amines) is 1. The van der Waals surface area contributed by atoms with Crippen molar-refractivity contribution in [3.8, 4) is 0 Å². The van der Waals surface area contributed by atoms with Crippen LogP contribution in [0.2, 0.25) is 0 Å². The molecule has 2 unspecified atom stereocenters. The summed E-state index contributed by atoms with van der Waals surface area (Å²) >= 11 is 0. The molecule has 0 aliphatic carbocycles. The summed E-state index contributed by atoms with van der Waals surface area (Å²) in [6, 6.07) is 6.54. The van der Waals surface area contributed by atoms with E-state index in [0.29, 0.717) is 0 Å². The lowest BCUT2D eigenvalue weighted by molar-refractivity contribution is -0.0117. The molecule has 0 aromatic heterocycles. The maximum Gasteiger partial charge on any atom is 0.0761 e. The largest absolute Gasteiger partial charge is 0.391 e. The van der Waals surface area contributed by atoms with Gasteiger partial charge in [0.1, 0.15) is 0 Å². The molecule has 2 nitrogen and oxygen atoms in total. The average molecular weight is 275 g/mol. The van der Waals surface area contributed by atoms with Crippen LogP contribution in [0.4, 0.5) is 0 Å². The molecule has 2 atom stereocenters. The summed E-state index contributed by atoms with van der Waals surface area (Å²) in [5.41, 5.74) is 3.80. The number of aliphatic hydroxyl groups is 1. The molecule has 1 aromatic carbocycles. The van der Waals surface area contributed by atoms with Gasteiger partial charge in [0.05, 0.1) is 6.10 Å². The first-order valence-corrected chi connectivity index (χ1v) is 7.96. The van der Waals surface area contributed by atoms with Crippen LogP contribution in [0.1, 0.15) is 49.8 Å². The highest BCUT2D eigenvalue weighted by Gasteiger charge is 2.38. The highest BCUT2D eigenvalue weighted by molar-refractivity contribution is 5.30. The number of aryl methyl sites for hydroxylation is 2. The fourth-order valence-electron chi connectivity index (χ4n) is 3.27. The van der Waals surface area contributed by atoms with Gasteiger partial charge in [0, 0.05) is 12.0 Å². The van der Waals surface area contributed by atoms with E-state index < -0.39 is 0 Å². The Morgan fingerprint density at radius 3 is 2.40 bits per heavy atom.